The molecule has 4 rings (SSSR count). The minimum absolute atomic E-state index is 0.0665. The van der Waals surface area contributed by atoms with Crippen molar-refractivity contribution >= 4 is 18.3 Å². The van der Waals surface area contributed by atoms with Gasteiger partial charge in [-0.3, -0.25) is 4.90 Å². The van der Waals surface area contributed by atoms with Crippen LogP contribution < -0.4 is 10.4 Å². The standard InChI is InChI=1S/C23H30BFN2O2.C2H6/c1-17(26-13-15-27(16-14-26)22-8-6-5-7-21(22)25)19-9-11-20(12-10-19)24-28-18(2)23(3,4)29-24;1-2/h5-12,17-18H,13-16H2,1-4H3;1-2H3. The molecule has 2 unspecified atom stereocenters. The quantitative estimate of drug-likeness (QED) is 0.665. The number of para-hydroxylation sites is 1. The van der Waals surface area contributed by atoms with Gasteiger partial charge in [0.1, 0.15) is 5.82 Å². The highest BCUT2D eigenvalue weighted by Gasteiger charge is 2.43. The highest BCUT2D eigenvalue weighted by Crippen LogP contribution is 2.28. The third-order valence-corrected chi connectivity index (χ3v) is 6.46. The second kappa shape index (κ2) is 10.2. The van der Waals surface area contributed by atoms with Crippen LogP contribution in [0.1, 0.15) is 53.1 Å². The zero-order valence-corrected chi connectivity index (χ0v) is 19.8. The Labute approximate surface area is 187 Å². The lowest BCUT2D eigenvalue weighted by molar-refractivity contribution is 0.0842. The average Bonchev–Trinajstić information content (AvgIpc) is 3.07. The van der Waals surface area contributed by atoms with Crippen LogP contribution in [0.2, 0.25) is 0 Å². The maximum Gasteiger partial charge on any atom is 0.494 e. The lowest BCUT2D eigenvalue weighted by Crippen LogP contribution is -2.47. The van der Waals surface area contributed by atoms with Gasteiger partial charge in [-0.1, -0.05) is 50.2 Å². The van der Waals surface area contributed by atoms with Gasteiger partial charge in [0.2, 0.25) is 0 Å². The van der Waals surface area contributed by atoms with Gasteiger partial charge < -0.3 is 14.2 Å². The fourth-order valence-corrected chi connectivity index (χ4v) is 4.10. The second-order valence-electron chi connectivity index (χ2n) is 8.65. The van der Waals surface area contributed by atoms with Crippen LogP contribution in [0.25, 0.3) is 0 Å². The summed E-state index contributed by atoms with van der Waals surface area (Å²) in [7, 11) is -0.298. The van der Waals surface area contributed by atoms with Crippen LogP contribution in [0.3, 0.4) is 0 Å². The van der Waals surface area contributed by atoms with Gasteiger partial charge in [-0.2, -0.15) is 0 Å². The molecular weight excluding hydrogens is 390 g/mol. The van der Waals surface area contributed by atoms with Crippen LogP contribution in [0.5, 0.6) is 0 Å². The van der Waals surface area contributed by atoms with Gasteiger partial charge in [0, 0.05) is 32.2 Å². The molecule has 0 bridgehead atoms. The Morgan fingerprint density at radius 2 is 1.61 bits per heavy atom. The SMILES string of the molecule is CC.CC(c1ccc(B2OC(C)C(C)(C)O2)cc1)N1CCN(c2ccccc2F)CC1. The summed E-state index contributed by atoms with van der Waals surface area (Å²) in [6.45, 7) is 15.9. The Bertz CT molecular complexity index is 838. The van der Waals surface area contributed by atoms with E-state index in [1.807, 2.05) is 26.0 Å². The van der Waals surface area contributed by atoms with Crippen LogP contribution in [0, 0.1) is 5.82 Å². The van der Waals surface area contributed by atoms with E-state index in [-0.39, 0.29) is 24.6 Å². The Hall–Kier alpha value is -1.89. The lowest BCUT2D eigenvalue weighted by Gasteiger charge is -2.39. The molecule has 4 nitrogen and oxygen atoms in total. The van der Waals surface area contributed by atoms with E-state index in [0.717, 1.165) is 31.6 Å². The molecular formula is C25H36BFN2O2. The number of nitrogens with zero attached hydrogens (tertiary/aromatic N) is 2. The van der Waals surface area contributed by atoms with Gasteiger partial charge in [-0.05, 0) is 50.9 Å². The Kier molecular flexibility index (Phi) is 7.79. The maximum absolute atomic E-state index is 14.1. The molecule has 2 aromatic carbocycles. The number of halogens is 1. The molecule has 2 aromatic rings. The zero-order chi connectivity index (χ0) is 22.6. The van der Waals surface area contributed by atoms with E-state index in [9.17, 15) is 4.39 Å². The van der Waals surface area contributed by atoms with E-state index in [1.165, 1.54) is 11.6 Å². The number of benzene rings is 2. The molecule has 0 amide bonds. The molecule has 0 spiro atoms. The van der Waals surface area contributed by atoms with E-state index < -0.39 is 0 Å². The highest BCUT2D eigenvalue weighted by atomic mass is 19.1. The first-order valence-electron chi connectivity index (χ1n) is 11.5. The van der Waals surface area contributed by atoms with Crippen molar-refractivity contribution < 1.29 is 13.7 Å². The summed E-state index contributed by atoms with van der Waals surface area (Å²) in [6, 6.07) is 15.9. The molecule has 2 aliphatic rings. The van der Waals surface area contributed by atoms with Crippen molar-refractivity contribution in [1.29, 1.82) is 0 Å². The van der Waals surface area contributed by atoms with Crippen molar-refractivity contribution in [2.75, 3.05) is 31.1 Å². The first kappa shape index (κ1) is 23.8. The normalized spacial score (nSPS) is 22.1. The van der Waals surface area contributed by atoms with Crippen LogP contribution >= 0.6 is 0 Å². The number of piperazine rings is 1. The van der Waals surface area contributed by atoms with Crippen molar-refractivity contribution in [1.82, 2.24) is 4.90 Å². The van der Waals surface area contributed by atoms with Gasteiger partial charge >= 0.3 is 7.12 Å². The summed E-state index contributed by atoms with van der Waals surface area (Å²) in [5.74, 6) is -0.140. The van der Waals surface area contributed by atoms with Crippen molar-refractivity contribution in [3.8, 4) is 0 Å². The Balaban J connectivity index is 0.00000132. The second-order valence-corrected chi connectivity index (χ2v) is 8.65. The van der Waals surface area contributed by atoms with Crippen LogP contribution in [0.4, 0.5) is 10.1 Å². The smallest absolute Gasteiger partial charge is 0.402 e. The molecule has 2 aliphatic heterocycles. The first-order chi connectivity index (χ1) is 14.8. The summed E-state index contributed by atoms with van der Waals surface area (Å²) in [6.07, 6.45) is 0.0665. The van der Waals surface area contributed by atoms with E-state index >= 15 is 0 Å². The largest absolute Gasteiger partial charge is 0.494 e. The van der Waals surface area contributed by atoms with Crippen molar-refractivity contribution in [2.24, 2.45) is 0 Å². The van der Waals surface area contributed by atoms with E-state index in [1.54, 1.807) is 6.07 Å². The lowest BCUT2D eigenvalue weighted by atomic mass is 9.78. The molecule has 2 fully saturated rings. The van der Waals surface area contributed by atoms with Crippen molar-refractivity contribution in [2.45, 2.75) is 59.3 Å². The summed E-state index contributed by atoms with van der Waals surface area (Å²) in [5, 5.41) is 0. The molecule has 0 saturated carbocycles. The number of hydrogen-bond donors (Lipinski definition) is 0. The molecule has 0 radical (unpaired) electrons. The monoisotopic (exact) mass is 426 g/mol. The average molecular weight is 426 g/mol. The molecule has 0 aliphatic carbocycles. The van der Waals surface area contributed by atoms with Gasteiger partial charge in [0.05, 0.1) is 17.4 Å². The number of hydrogen-bond acceptors (Lipinski definition) is 4. The minimum Gasteiger partial charge on any atom is -0.402 e. The molecule has 168 valence electrons. The summed E-state index contributed by atoms with van der Waals surface area (Å²) in [5.41, 5.74) is 2.77. The first-order valence-corrected chi connectivity index (χ1v) is 11.5. The van der Waals surface area contributed by atoms with Crippen molar-refractivity contribution in [3.63, 3.8) is 0 Å². The van der Waals surface area contributed by atoms with Gasteiger partial charge in [-0.15, -0.1) is 0 Å². The third-order valence-electron chi connectivity index (χ3n) is 6.46. The van der Waals surface area contributed by atoms with Crippen LogP contribution in [-0.4, -0.2) is 49.9 Å². The Morgan fingerprint density at radius 3 is 2.16 bits per heavy atom. The topological polar surface area (TPSA) is 24.9 Å². The summed E-state index contributed by atoms with van der Waals surface area (Å²) in [4.78, 5) is 4.60. The highest BCUT2D eigenvalue weighted by molar-refractivity contribution is 6.61. The van der Waals surface area contributed by atoms with Gasteiger partial charge in [0.25, 0.3) is 0 Å². The predicted octanol–water partition coefficient (Wildman–Crippen LogP) is 4.64. The molecule has 0 aromatic heterocycles. The predicted molar refractivity (Wildman–Crippen MR) is 127 cm³/mol. The van der Waals surface area contributed by atoms with Crippen LogP contribution in [-0.2, 0) is 9.31 Å². The Morgan fingerprint density at radius 1 is 1.00 bits per heavy atom. The fraction of sp³-hybridized carbons (Fsp3) is 0.520. The van der Waals surface area contributed by atoms with Gasteiger partial charge in [0.15, 0.2) is 0 Å². The molecule has 6 heteroatoms. The summed E-state index contributed by atoms with van der Waals surface area (Å²) < 4.78 is 26.1. The van der Waals surface area contributed by atoms with E-state index in [0.29, 0.717) is 11.7 Å². The number of rotatable bonds is 4. The minimum atomic E-state index is -0.298. The molecule has 2 heterocycles. The third kappa shape index (κ3) is 5.31. The summed E-state index contributed by atoms with van der Waals surface area (Å²) >= 11 is 0. The molecule has 31 heavy (non-hydrogen) atoms. The molecule has 2 atom stereocenters. The zero-order valence-electron chi connectivity index (χ0n) is 19.8. The number of anilines is 1. The maximum atomic E-state index is 14.1. The fourth-order valence-electron chi connectivity index (χ4n) is 4.10. The van der Waals surface area contributed by atoms with Crippen molar-refractivity contribution in [3.05, 3.63) is 59.9 Å². The van der Waals surface area contributed by atoms with E-state index in [2.05, 4.69) is 61.8 Å². The molecule has 2 saturated heterocycles. The van der Waals surface area contributed by atoms with Gasteiger partial charge in [-0.25, -0.2) is 4.39 Å². The van der Waals surface area contributed by atoms with Crippen LogP contribution in [0.15, 0.2) is 48.5 Å². The van der Waals surface area contributed by atoms with E-state index in [4.69, 9.17) is 9.31 Å². The molecule has 0 N–H and O–H groups in total.